The van der Waals surface area contributed by atoms with Crippen molar-refractivity contribution in [3.8, 4) is 0 Å². The lowest BCUT2D eigenvalue weighted by Crippen LogP contribution is -2.22. The SMILES string of the molecule is CCn1c(COC(=O)Cc2ccc(C(F)(F)F)cc2)nc2cc(S(=O)(=O)N(C)C)ccc21. The number of benzene rings is 2. The van der Waals surface area contributed by atoms with Crippen LogP contribution in [0, 0.1) is 0 Å². The number of esters is 1. The van der Waals surface area contributed by atoms with Crippen LogP contribution in [0.25, 0.3) is 11.0 Å². The number of aromatic nitrogens is 2. The Hall–Kier alpha value is -2.92. The first-order chi connectivity index (χ1) is 14.9. The Morgan fingerprint density at radius 3 is 2.34 bits per heavy atom. The monoisotopic (exact) mass is 469 g/mol. The molecule has 0 atom stereocenters. The third-order valence-corrected chi connectivity index (χ3v) is 6.70. The van der Waals surface area contributed by atoms with Gasteiger partial charge in [0.2, 0.25) is 10.0 Å². The molecule has 32 heavy (non-hydrogen) atoms. The van der Waals surface area contributed by atoms with E-state index in [2.05, 4.69) is 4.98 Å². The maximum absolute atomic E-state index is 12.6. The van der Waals surface area contributed by atoms with E-state index < -0.39 is 27.7 Å². The summed E-state index contributed by atoms with van der Waals surface area (Å²) >= 11 is 0. The average Bonchev–Trinajstić information content (AvgIpc) is 3.08. The summed E-state index contributed by atoms with van der Waals surface area (Å²) in [6.45, 7) is 2.24. The van der Waals surface area contributed by atoms with Crippen LogP contribution in [-0.4, -0.2) is 42.3 Å². The number of halogens is 3. The van der Waals surface area contributed by atoms with Gasteiger partial charge in [0.15, 0.2) is 0 Å². The van der Waals surface area contributed by atoms with Crippen molar-refractivity contribution in [2.24, 2.45) is 0 Å². The van der Waals surface area contributed by atoms with Gasteiger partial charge in [-0.2, -0.15) is 13.2 Å². The van der Waals surface area contributed by atoms with Crippen LogP contribution in [0.1, 0.15) is 23.9 Å². The Labute approximate surface area is 183 Å². The lowest BCUT2D eigenvalue weighted by atomic mass is 10.1. The van der Waals surface area contributed by atoms with Gasteiger partial charge in [0, 0.05) is 20.6 Å². The Morgan fingerprint density at radius 1 is 1.12 bits per heavy atom. The molecular formula is C21H22F3N3O4S. The molecule has 0 amide bonds. The molecule has 0 fully saturated rings. The normalized spacial score (nSPS) is 12.5. The minimum absolute atomic E-state index is 0.0987. The Balaban J connectivity index is 1.74. The van der Waals surface area contributed by atoms with Crippen LogP contribution >= 0.6 is 0 Å². The molecule has 0 saturated carbocycles. The molecule has 3 rings (SSSR count). The molecule has 0 unspecified atom stereocenters. The van der Waals surface area contributed by atoms with Crippen LogP contribution in [0.5, 0.6) is 0 Å². The van der Waals surface area contributed by atoms with E-state index >= 15 is 0 Å². The molecule has 0 aliphatic heterocycles. The van der Waals surface area contributed by atoms with Crippen LogP contribution < -0.4 is 0 Å². The standard InChI is InChI=1S/C21H22F3N3O4S/c1-4-27-18-10-9-16(32(29,30)26(2)3)12-17(18)25-19(27)13-31-20(28)11-14-5-7-15(8-6-14)21(22,23)24/h5-10,12H,4,11,13H2,1-3H3. The van der Waals surface area contributed by atoms with E-state index in [1.807, 2.05) is 6.92 Å². The number of ether oxygens (including phenoxy) is 1. The number of carbonyl (C=O) groups is 1. The first kappa shape index (κ1) is 23.7. The summed E-state index contributed by atoms with van der Waals surface area (Å²) in [6.07, 6.45) is -4.63. The highest BCUT2D eigenvalue weighted by molar-refractivity contribution is 7.89. The van der Waals surface area contributed by atoms with E-state index in [-0.39, 0.29) is 17.9 Å². The summed E-state index contributed by atoms with van der Waals surface area (Å²) in [5.74, 6) is -0.182. The Kier molecular flexibility index (Phi) is 6.61. The lowest BCUT2D eigenvalue weighted by Gasteiger charge is -2.11. The van der Waals surface area contributed by atoms with Crippen LogP contribution in [0.15, 0.2) is 47.4 Å². The second-order valence-electron chi connectivity index (χ2n) is 7.24. The second-order valence-corrected chi connectivity index (χ2v) is 9.39. The van der Waals surface area contributed by atoms with E-state index in [1.54, 1.807) is 10.6 Å². The van der Waals surface area contributed by atoms with Gasteiger partial charge in [-0.25, -0.2) is 17.7 Å². The number of carbonyl (C=O) groups excluding carboxylic acids is 1. The van der Waals surface area contributed by atoms with Gasteiger partial charge in [-0.15, -0.1) is 0 Å². The van der Waals surface area contributed by atoms with E-state index in [0.29, 0.717) is 29.0 Å². The van der Waals surface area contributed by atoms with E-state index in [4.69, 9.17) is 4.74 Å². The zero-order chi connectivity index (χ0) is 23.7. The molecule has 0 aliphatic carbocycles. The third-order valence-electron chi connectivity index (χ3n) is 4.89. The Morgan fingerprint density at radius 2 is 1.78 bits per heavy atom. The van der Waals surface area contributed by atoms with E-state index in [9.17, 15) is 26.4 Å². The number of alkyl halides is 3. The maximum atomic E-state index is 12.6. The summed E-state index contributed by atoms with van der Waals surface area (Å²) in [5, 5.41) is 0. The van der Waals surface area contributed by atoms with Crippen LogP contribution in [-0.2, 0) is 45.3 Å². The van der Waals surface area contributed by atoms with Gasteiger partial charge in [-0.1, -0.05) is 12.1 Å². The number of nitrogens with zero attached hydrogens (tertiary/aromatic N) is 3. The predicted molar refractivity (Wildman–Crippen MR) is 111 cm³/mol. The molecule has 1 heterocycles. The van der Waals surface area contributed by atoms with E-state index in [0.717, 1.165) is 16.4 Å². The number of hydrogen-bond acceptors (Lipinski definition) is 5. The fraction of sp³-hybridized carbons (Fsp3) is 0.333. The molecule has 172 valence electrons. The minimum Gasteiger partial charge on any atom is -0.457 e. The number of sulfonamides is 1. The van der Waals surface area contributed by atoms with Crippen LogP contribution in [0.4, 0.5) is 13.2 Å². The number of hydrogen-bond donors (Lipinski definition) is 0. The van der Waals surface area contributed by atoms with E-state index in [1.165, 1.54) is 38.4 Å². The highest BCUT2D eigenvalue weighted by atomic mass is 32.2. The third kappa shape index (κ3) is 4.94. The van der Waals surface area contributed by atoms with Gasteiger partial charge < -0.3 is 9.30 Å². The quantitative estimate of drug-likeness (QED) is 0.494. The summed E-state index contributed by atoms with van der Waals surface area (Å²) in [7, 11) is -0.751. The van der Waals surface area contributed by atoms with Gasteiger partial charge in [-0.3, -0.25) is 4.79 Å². The lowest BCUT2D eigenvalue weighted by molar-refractivity contribution is -0.144. The topological polar surface area (TPSA) is 81.5 Å². The fourth-order valence-corrected chi connectivity index (χ4v) is 4.09. The summed E-state index contributed by atoms with van der Waals surface area (Å²) in [5.41, 5.74) is 0.745. The molecule has 0 N–H and O–H groups in total. The second kappa shape index (κ2) is 8.91. The zero-order valence-corrected chi connectivity index (χ0v) is 18.5. The largest absolute Gasteiger partial charge is 0.457 e. The number of rotatable bonds is 7. The van der Waals surface area contributed by atoms with Gasteiger partial charge in [-0.05, 0) is 42.8 Å². The van der Waals surface area contributed by atoms with Crippen molar-refractivity contribution in [1.29, 1.82) is 0 Å². The molecule has 0 aliphatic rings. The van der Waals surface area contributed by atoms with Gasteiger partial charge in [0.25, 0.3) is 0 Å². The average molecular weight is 469 g/mol. The highest BCUT2D eigenvalue weighted by Gasteiger charge is 2.30. The molecular weight excluding hydrogens is 447 g/mol. The molecule has 11 heteroatoms. The number of aryl methyl sites for hydroxylation is 1. The molecule has 7 nitrogen and oxygen atoms in total. The van der Waals surface area contributed by atoms with Gasteiger partial charge >= 0.3 is 12.1 Å². The van der Waals surface area contributed by atoms with Crippen molar-refractivity contribution in [3.05, 3.63) is 59.4 Å². The smallest absolute Gasteiger partial charge is 0.416 e. The molecule has 2 aromatic carbocycles. The van der Waals surface area contributed by atoms with Crippen molar-refractivity contribution in [3.63, 3.8) is 0 Å². The van der Waals surface area contributed by atoms with Crippen molar-refractivity contribution >= 4 is 27.0 Å². The predicted octanol–water partition coefficient (Wildman–Crippen LogP) is 3.61. The molecule has 1 aromatic heterocycles. The summed E-state index contributed by atoms with van der Waals surface area (Å²) < 4.78 is 70.8. The summed E-state index contributed by atoms with van der Waals surface area (Å²) in [6, 6.07) is 8.90. The molecule has 3 aromatic rings. The number of imidazole rings is 1. The summed E-state index contributed by atoms with van der Waals surface area (Å²) in [4.78, 5) is 16.7. The van der Waals surface area contributed by atoms with Crippen LogP contribution in [0.2, 0.25) is 0 Å². The zero-order valence-electron chi connectivity index (χ0n) is 17.7. The van der Waals surface area contributed by atoms with Crippen LogP contribution in [0.3, 0.4) is 0 Å². The first-order valence-electron chi connectivity index (χ1n) is 9.67. The minimum atomic E-state index is -4.44. The van der Waals surface area contributed by atoms with Gasteiger partial charge in [0.1, 0.15) is 12.4 Å². The fourth-order valence-electron chi connectivity index (χ4n) is 3.17. The number of fused-ring (bicyclic) bond motifs is 1. The first-order valence-corrected chi connectivity index (χ1v) is 11.1. The Bertz CT molecular complexity index is 1230. The molecule has 0 saturated heterocycles. The maximum Gasteiger partial charge on any atom is 0.416 e. The molecule has 0 radical (unpaired) electrons. The molecule has 0 spiro atoms. The van der Waals surface area contributed by atoms with Crippen molar-refractivity contribution in [1.82, 2.24) is 13.9 Å². The highest BCUT2D eigenvalue weighted by Crippen LogP contribution is 2.29. The van der Waals surface area contributed by atoms with Gasteiger partial charge in [0.05, 0.1) is 27.9 Å². The van der Waals surface area contributed by atoms with Crippen molar-refractivity contribution < 1.29 is 31.1 Å². The van der Waals surface area contributed by atoms with Crippen molar-refractivity contribution in [2.75, 3.05) is 14.1 Å². The van der Waals surface area contributed by atoms with Crippen molar-refractivity contribution in [2.45, 2.75) is 37.6 Å². The molecule has 0 bridgehead atoms.